The molecule has 1 saturated heterocycles. The Bertz CT molecular complexity index is 1060. The molecule has 3 aromatic rings. The Morgan fingerprint density at radius 2 is 1.90 bits per heavy atom. The zero-order valence-electron chi connectivity index (χ0n) is 17.7. The van der Waals surface area contributed by atoms with Gasteiger partial charge in [0.25, 0.3) is 5.91 Å². The van der Waals surface area contributed by atoms with Crippen LogP contribution in [0.3, 0.4) is 0 Å². The quantitative estimate of drug-likeness (QED) is 0.567. The van der Waals surface area contributed by atoms with Crippen molar-refractivity contribution in [2.45, 2.75) is 26.1 Å². The van der Waals surface area contributed by atoms with Crippen molar-refractivity contribution in [2.24, 2.45) is 0 Å². The minimum absolute atomic E-state index is 0.237. The first-order valence-corrected chi connectivity index (χ1v) is 10.8. The lowest BCUT2D eigenvalue weighted by molar-refractivity contribution is -0.0699. The molecule has 31 heavy (non-hydrogen) atoms. The molecule has 1 aliphatic rings. The summed E-state index contributed by atoms with van der Waals surface area (Å²) < 4.78 is 11.9. The monoisotopic (exact) mass is 439 g/mol. The molecule has 1 aliphatic heterocycles. The van der Waals surface area contributed by atoms with Gasteiger partial charge in [0, 0.05) is 47.9 Å². The molecule has 6 nitrogen and oxygen atoms in total. The molecule has 4 rings (SSSR count). The second kappa shape index (κ2) is 9.64. The number of nitrogens with zero attached hydrogens (tertiary/aromatic N) is 2. The van der Waals surface area contributed by atoms with E-state index in [4.69, 9.17) is 21.1 Å². The average molecular weight is 440 g/mol. The molecule has 1 amide bonds. The summed E-state index contributed by atoms with van der Waals surface area (Å²) in [6, 6.07) is 14.8. The number of benzene rings is 2. The van der Waals surface area contributed by atoms with E-state index >= 15 is 0 Å². The Kier molecular flexibility index (Phi) is 6.70. The summed E-state index contributed by atoms with van der Waals surface area (Å²) in [5.74, 6) is 0.564. The SMILES string of the molecule is C[C@@H]1CN(CCOc2ccc(NC(=O)c3ccnc(Cl)c3)c3ccccc23)C[C@H](C)O1. The third-order valence-electron chi connectivity index (χ3n) is 5.28. The Balaban J connectivity index is 1.47. The molecule has 0 radical (unpaired) electrons. The molecule has 1 N–H and O–H groups in total. The fourth-order valence-corrected chi connectivity index (χ4v) is 4.17. The number of carbonyl (C=O) groups is 1. The highest BCUT2D eigenvalue weighted by Crippen LogP contribution is 2.32. The molecule has 162 valence electrons. The van der Waals surface area contributed by atoms with E-state index in [9.17, 15) is 4.79 Å². The first-order chi connectivity index (χ1) is 15.0. The van der Waals surface area contributed by atoms with Crippen LogP contribution in [0.25, 0.3) is 10.8 Å². The molecule has 7 heteroatoms. The molecule has 0 spiro atoms. The number of ether oxygens (including phenoxy) is 2. The number of hydrogen-bond acceptors (Lipinski definition) is 5. The van der Waals surface area contributed by atoms with Gasteiger partial charge in [0.1, 0.15) is 17.5 Å². The molecule has 1 fully saturated rings. The number of amides is 1. The summed E-state index contributed by atoms with van der Waals surface area (Å²) in [6.07, 6.45) is 1.99. The van der Waals surface area contributed by atoms with Crippen molar-refractivity contribution >= 4 is 34.0 Å². The van der Waals surface area contributed by atoms with E-state index in [-0.39, 0.29) is 23.3 Å². The van der Waals surface area contributed by atoms with Crippen molar-refractivity contribution in [3.63, 3.8) is 0 Å². The van der Waals surface area contributed by atoms with Gasteiger partial charge >= 0.3 is 0 Å². The first-order valence-electron chi connectivity index (χ1n) is 10.4. The molecule has 1 aromatic heterocycles. The van der Waals surface area contributed by atoms with Crippen LogP contribution in [-0.4, -0.2) is 54.2 Å². The largest absolute Gasteiger partial charge is 0.492 e. The van der Waals surface area contributed by atoms with Crippen molar-refractivity contribution in [1.82, 2.24) is 9.88 Å². The predicted octanol–water partition coefficient (Wildman–Crippen LogP) is 4.63. The van der Waals surface area contributed by atoms with Crippen molar-refractivity contribution in [3.05, 3.63) is 65.4 Å². The average Bonchev–Trinajstić information content (AvgIpc) is 2.74. The standard InChI is InChI=1S/C24H26ClN3O3/c1-16-14-28(15-17(2)31-16)11-12-30-22-8-7-21(19-5-3-4-6-20(19)22)27-24(29)18-9-10-26-23(25)13-18/h3-10,13,16-17H,11-12,14-15H2,1-2H3,(H,27,29)/t16-,17+. The van der Waals surface area contributed by atoms with E-state index in [2.05, 4.69) is 29.0 Å². The number of anilines is 1. The van der Waals surface area contributed by atoms with Crippen molar-refractivity contribution in [1.29, 1.82) is 0 Å². The van der Waals surface area contributed by atoms with Gasteiger partial charge in [-0.1, -0.05) is 35.9 Å². The lowest BCUT2D eigenvalue weighted by atomic mass is 10.1. The highest BCUT2D eigenvalue weighted by Gasteiger charge is 2.21. The molecule has 2 atom stereocenters. The normalized spacial score (nSPS) is 19.3. The fourth-order valence-electron chi connectivity index (χ4n) is 4.00. The second-order valence-corrected chi connectivity index (χ2v) is 8.23. The van der Waals surface area contributed by atoms with Gasteiger partial charge in [-0.25, -0.2) is 4.98 Å². The summed E-state index contributed by atoms with van der Waals surface area (Å²) >= 11 is 5.91. The smallest absolute Gasteiger partial charge is 0.255 e. The maximum Gasteiger partial charge on any atom is 0.255 e. The summed E-state index contributed by atoms with van der Waals surface area (Å²) in [6.45, 7) is 7.46. The van der Waals surface area contributed by atoms with Gasteiger partial charge in [0.05, 0.1) is 12.2 Å². The van der Waals surface area contributed by atoms with Crippen LogP contribution in [0.5, 0.6) is 5.75 Å². The Morgan fingerprint density at radius 3 is 2.65 bits per heavy atom. The summed E-state index contributed by atoms with van der Waals surface area (Å²) in [5, 5.41) is 5.13. The third kappa shape index (κ3) is 5.34. The van der Waals surface area contributed by atoms with Gasteiger partial charge in [0.15, 0.2) is 0 Å². The summed E-state index contributed by atoms with van der Waals surface area (Å²) in [4.78, 5) is 18.9. The number of rotatable bonds is 6. The number of fused-ring (bicyclic) bond motifs is 1. The van der Waals surface area contributed by atoms with Gasteiger partial charge in [-0.2, -0.15) is 0 Å². The molecule has 2 heterocycles. The molecule has 0 bridgehead atoms. The zero-order valence-corrected chi connectivity index (χ0v) is 18.4. The van der Waals surface area contributed by atoms with E-state index in [0.717, 1.165) is 41.8 Å². The van der Waals surface area contributed by atoms with Crippen LogP contribution in [0.1, 0.15) is 24.2 Å². The van der Waals surface area contributed by atoms with Gasteiger partial charge < -0.3 is 14.8 Å². The van der Waals surface area contributed by atoms with E-state index in [1.165, 1.54) is 6.20 Å². The maximum atomic E-state index is 12.7. The molecule has 0 saturated carbocycles. The summed E-state index contributed by atoms with van der Waals surface area (Å²) in [7, 11) is 0. The second-order valence-electron chi connectivity index (χ2n) is 7.84. The van der Waals surface area contributed by atoms with Crippen molar-refractivity contribution in [2.75, 3.05) is 31.6 Å². The van der Waals surface area contributed by atoms with Crippen LogP contribution in [0.15, 0.2) is 54.7 Å². The van der Waals surface area contributed by atoms with E-state index in [1.807, 2.05) is 36.4 Å². The van der Waals surface area contributed by atoms with Crippen LogP contribution in [0.2, 0.25) is 5.15 Å². The van der Waals surface area contributed by atoms with E-state index in [1.54, 1.807) is 12.1 Å². The van der Waals surface area contributed by atoms with Crippen LogP contribution in [0, 0.1) is 0 Å². The van der Waals surface area contributed by atoms with E-state index in [0.29, 0.717) is 12.2 Å². The van der Waals surface area contributed by atoms with Gasteiger partial charge in [0.2, 0.25) is 0 Å². The van der Waals surface area contributed by atoms with Gasteiger partial charge in [-0.05, 0) is 38.1 Å². The third-order valence-corrected chi connectivity index (χ3v) is 5.49. The molecular weight excluding hydrogens is 414 g/mol. The van der Waals surface area contributed by atoms with Gasteiger partial charge in [-0.15, -0.1) is 0 Å². The number of morpholine rings is 1. The number of nitrogens with one attached hydrogen (secondary N) is 1. The Morgan fingerprint density at radius 1 is 1.16 bits per heavy atom. The van der Waals surface area contributed by atoms with Crippen molar-refractivity contribution in [3.8, 4) is 5.75 Å². The summed E-state index contributed by atoms with van der Waals surface area (Å²) in [5.41, 5.74) is 1.18. The Hall–Kier alpha value is -2.67. The number of hydrogen-bond donors (Lipinski definition) is 1. The fraction of sp³-hybridized carbons (Fsp3) is 0.333. The minimum Gasteiger partial charge on any atom is -0.492 e. The van der Waals surface area contributed by atoms with Crippen LogP contribution < -0.4 is 10.1 Å². The number of halogens is 1. The number of pyridine rings is 1. The highest BCUT2D eigenvalue weighted by molar-refractivity contribution is 6.29. The lowest BCUT2D eigenvalue weighted by Gasteiger charge is -2.35. The molecule has 0 unspecified atom stereocenters. The molecule has 2 aromatic carbocycles. The minimum atomic E-state index is -0.237. The highest BCUT2D eigenvalue weighted by atomic mass is 35.5. The lowest BCUT2D eigenvalue weighted by Crippen LogP contribution is -2.46. The Labute approximate surface area is 187 Å². The topological polar surface area (TPSA) is 63.7 Å². The first kappa shape index (κ1) is 21.6. The zero-order chi connectivity index (χ0) is 21.8. The molecule has 0 aliphatic carbocycles. The van der Waals surface area contributed by atoms with Crippen molar-refractivity contribution < 1.29 is 14.3 Å². The number of aromatic nitrogens is 1. The van der Waals surface area contributed by atoms with E-state index < -0.39 is 0 Å². The predicted molar refractivity (Wildman–Crippen MR) is 123 cm³/mol. The maximum absolute atomic E-state index is 12.7. The van der Waals surface area contributed by atoms with Crippen LogP contribution in [0.4, 0.5) is 5.69 Å². The molecular formula is C24H26ClN3O3. The van der Waals surface area contributed by atoms with Crippen LogP contribution >= 0.6 is 11.6 Å². The number of carbonyl (C=O) groups excluding carboxylic acids is 1. The van der Waals surface area contributed by atoms with Crippen LogP contribution in [-0.2, 0) is 4.74 Å². The van der Waals surface area contributed by atoms with Gasteiger partial charge in [-0.3, -0.25) is 9.69 Å².